The molecular weight excluding hydrogens is 166 g/mol. The van der Waals surface area contributed by atoms with Crippen molar-refractivity contribution in [3.8, 4) is 0 Å². The molecule has 0 amide bonds. The standard InChI is InChI=1S/C8H15N5/c1-2-6-3-4-13(5-6)8-10-7(9)11-12-8/h6H,2-5H2,1H3,(H3,9,10,11,12). The number of hydrogen-bond donors (Lipinski definition) is 2. The van der Waals surface area contributed by atoms with Crippen molar-refractivity contribution in [2.24, 2.45) is 5.92 Å². The van der Waals surface area contributed by atoms with E-state index in [0.29, 0.717) is 5.95 Å². The van der Waals surface area contributed by atoms with Gasteiger partial charge in [-0.05, 0) is 12.3 Å². The van der Waals surface area contributed by atoms with Gasteiger partial charge in [-0.25, -0.2) is 5.10 Å². The number of nitrogens with one attached hydrogen (secondary N) is 1. The van der Waals surface area contributed by atoms with Crippen LogP contribution in [0.2, 0.25) is 0 Å². The minimum Gasteiger partial charge on any atom is -0.368 e. The van der Waals surface area contributed by atoms with Crippen molar-refractivity contribution in [3.63, 3.8) is 0 Å². The van der Waals surface area contributed by atoms with Crippen molar-refractivity contribution >= 4 is 11.9 Å². The maximum absolute atomic E-state index is 5.46. The Kier molecular flexibility index (Phi) is 2.08. The number of rotatable bonds is 2. The Morgan fingerprint density at radius 3 is 3.08 bits per heavy atom. The Hall–Kier alpha value is -1.26. The molecule has 0 bridgehead atoms. The summed E-state index contributed by atoms with van der Waals surface area (Å²) in [6.07, 6.45) is 2.47. The number of nitrogens with two attached hydrogens (primary N) is 1. The molecule has 1 aliphatic rings. The van der Waals surface area contributed by atoms with E-state index >= 15 is 0 Å². The van der Waals surface area contributed by atoms with Gasteiger partial charge in [0.2, 0.25) is 11.9 Å². The molecule has 0 aliphatic carbocycles. The second-order valence-electron chi connectivity index (χ2n) is 3.53. The first-order chi connectivity index (χ1) is 6.29. The van der Waals surface area contributed by atoms with Gasteiger partial charge in [0.15, 0.2) is 0 Å². The Labute approximate surface area is 77.3 Å². The third-order valence-electron chi connectivity index (χ3n) is 2.64. The highest BCUT2D eigenvalue weighted by Crippen LogP contribution is 2.22. The second kappa shape index (κ2) is 3.24. The summed E-state index contributed by atoms with van der Waals surface area (Å²) in [6.45, 7) is 4.34. The van der Waals surface area contributed by atoms with E-state index in [1.165, 1.54) is 12.8 Å². The monoisotopic (exact) mass is 181 g/mol. The maximum Gasteiger partial charge on any atom is 0.246 e. The van der Waals surface area contributed by atoms with Crippen LogP contribution in [0.3, 0.4) is 0 Å². The number of anilines is 2. The van der Waals surface area contributed by atoms with Crippen LogP contribution >= 0.6 is 0 Å². The SMILES string of the molecule is CCC1CCN(c2n[nH]c(N)n2)C1. The summed E-state index contributed by atoms with van der Waals surface area (Å²) in [5.41, 5.74) is 5.46. The molecule has 72 valence electrons. The molecular formula is C8H15N5. The van der Waals surface area contributed by atoms with Crippen LogP contribution in [0.1, 0.15) is 19.8 Å². The fourth-order valence-corrected chi connectivity index (χ4v) is 1.75. The minimum absolute atomic E-state index is 0.398. The molecule has 1 unspecified atom stereocenters. The zero-order valence-electron chi connectivity index (χ0n) is 7.82. The molecule has 0 spiro atoms. The van der Waals surface area contributed by atoms with Crippen LogP contribution in [0.15, 0.2) is 0 Å². The highest BCUT2D eigenvalue weighted by molar-refractivity contribution is 5.34. The van der Waals surface area contributed by atoms with Gasteiger partial charge in [-0.2, -0.15) is 4.98 Å². The van der Waals surface area contributed by atoms with Gasteiger partial charge in [0.25, 0.3) is 0 Å². The van der Waals surface area contributed by atoms with Crippen molar-refractivity contribution in [2.45, 2.75) is 19.8 Å². The summed E-state index contributed by atoms with van der Waals surface area (Å²) in [5.74, 6) is 1.93. The molecule has 1 aromatic heterocycles. The zero-order chi connectivity index (χ0) is 9.26. The fraction of sp³-hybridized carbons (Fsp3) is 0.750. The maximum atomic E-state index is 5.46. The van der Waals surface area contributed by atoms with Crippen molar-refractivity contribution in [1.82, 2.24) is 15.2 Å². The molecule has 3 N–H and O–H groups in total. The quantitative estimate of drug-likeness (QED) is 0.701. The van der Waals surface area contributed by atoms with Crippen LogP contribution in [-0.4, -0.2) is 28.3 Å². The molecule has 5 nitrogen and oxygen atoms in total. The van der Waals surface area contributed by atoms with Crippen LogP contribution in [0.5, 0.6) is 0 Å². The number of H-pyrrole nitrogens is 1. The third-order valence-corrected chi connectivity index (χ3v) is 2.64. The van der Waals surface area contributed by atoms with Crippen molar-refractivity contribution < 1.29 is 0 Å². The Bertz CT molecular complexity index is 282. The second-order valence-corrected chi connectivity index (χ2v) is 3.53. The predicted octanol–water partition coefficient (Wildman–Crippen LogP) is 0.623. The van der Waals surface area contributed by atoms with Gasteiger partial charge in [0.1, 0.15) is 0 Å². The van der Waals surface area contributed by atoms with Crippen LogP contribution < -0.4 is 10.6 Å². The third kappa shape index (κ3) is 1.59. The van der Waals surface area contributed by atoms with Crippen molar-refractivity contribution in [3.05, 3.63) is 0 Å². The van der Waals surface area contributed by atoms with Crippen LogP contribution in [0.25, 0.3) is 0 Å². The zero-order valence-corrected chi connectivity index (χ0v) is 7.82. The number of aromatic nitrogens is 3. The lowest BCUT2D eigenvalue weighted by Crippen LogP contribution is -2.20. The molecule has 1 fully saturated rings. The lowest BCUT2D eigenvalue weighted by atomic mass is 10.1. The molecule has 2 heterocycles. The van der Waals surface area contributed by atoms with Crippen LogP contribution in [-0.2, 0) is 0 Å². The topological polar surface area (TPSA) is 70.8 Å². The Balaban J connectivity index is 2.03. The van der Waals surface area contributed by atoms with Gasteiger partial charge >= 0.3 is 0 Å². The predicted molar refractivity (Wildman–Crippen MR) is 51.4 cm³/mol. The number of nitrogen functional groups attached to an aromatic ring is 1. The van der Waals surface area contributed by atoms with Gasteiger partial charge in [0.05, 0.1) is 0 Å². The molecule has 13 heavy (non-hydrogen) atoms. The smallest absolute Gasteiger partial charge is 0.246 e. The summed E-state index contributed by atoms with van der Waals surface area (Å²) in [5, 5.41) is 6.68. The molecule has 1 aromatic rings. The van der Waals surface area contributed by atoms with E-state index < -0.39 is 0 Å². The minimum atomic E-state index is 0.398. The molecule has 5 heteroatoms. The highest BCUT2D eigenvalue weighted by atomic mass is 15.4. The normalized spacial score (nSPS) is 22.5. The van der Waals surface area contributed by atoms with Gasteiger partial charge in [0, 0.05) is 13.1 Å². The molecule has 1 aliphatic heterocycles. The summed E-state index contributed by atoms with van der Waals surface area (Å²) in [7, 11) is 0. The van der Waals surface area contributed by atoms with Crippen LogP contribution in [0.4, 0.5) is 11.9 Å². The van der Waals surface area contributed by atoms with Crippen molar-refractivity contribution in [1.29, 1.82) is 0 Å². The van der Waals surface area contributed by atoms with Gasteiger partial charge in [-0.15, -0.1) is 5.10 Å². The summed E-state index contributed by atoms with van der Waals surface area (Å²) >= 11 is 0. The fourth-order valence-electron chi connectivity index (χ4n) is 1.75. The molecule has 0 saturated carbocycles. The molecule has 2 rings (SSSR count). The van der Waals surface area contributed by atoms with Gasteiger partial charge in [-0.3, -0.25) is 0 Å². The van der Waals surface area contributed by atoms with Crippen molar-refractivity contribution in [2.75, 3.05) is 23.7 Å². The lowest BCUT2D eigenvalue weighted by molar-refractivity contribution is 0.568. The lowest BCUT2D eigenvalue weighted by Gasteiger charge is -2.12. The van der Waals surface area contributed by atoms with E-state index in [4.69, 9.17) is 5.73 Å². The number of nitrogens with zero attached hydrogens (tertiary/aromatic N) is 3. The first kappa shape index (κ1) is 8.34. The Morgan fingerprint density at radius 1 is 1.69 bits per heavy atom. The molecule has 0 radical (unpaired) electrons. The Morgan fingerprint density at radius 2 is 2.54 bits per heavy atom. The van der Waals surface area contributed by atoms with E-state index in [1.807, 2.05) is 0 Å². The van der Waals surface area contributed by atoms with E-state index in [1.54, 1.807) is 0 Å². The molecule has 1 atom stereocenters. The van der Waals surface area contributed by atoms with Gasteiger partial charge in [-0.1, -0.05) is 13.3 Å². The summed E-state index contributed by atoms with van der Waals surface area (Å²) < 4.78 is 0. The first-order valence-electron chi connectivity index (χ1n) is 4.72. The largest absolute Gasteiger partial charge is 0.368 e. The van der Waals surface area contributed by atoms with E-state index in [0.717, 1.165) is 25.0 Å². The summed E-state index contributed by atoms with van der Waals surface area (Å²) in [6, 6.07) is 0. The average Bonchev–Trinajstić information content (AvgIpc) is 2.71. The summed E-state index contributed by atoms with van der Waals surface area (Å²) in [4.78, 5) is 6.28. The molecule has 1 saturated heterocycles. The van der Waals surface area contributed by atoms with Crippen LogP contribution in [0, 0.1) is 5.92 Å². The number of hydrogen-bond acceptors (Lipinski definition) is 4. The molecule has 0 aromatic carbocycles. The van der Waals surface area contributed by atoms with E-state index in [-0.39, 0.29) is 0 Å². The number of aromatic amines is 1. The average molecular weight is 181 g/mol. The van der Waals surface area contributed by atoms with E-state index in [9.17, 15) is 0 Å². The van der Waals surface area contributed by atoms with Gasteiger partial charge < -0.3 is 10.6 Å². The highest BCUT2D eigenvalue weighted by Gasteiger charge is 2.23. The first-order valence-corrected chi connectivity index (χ1v) is 4.72. The van der Waals surface area contributed by atoms with E-state index in [2.05, 4.69) is 27.0 Å².